The second kappa shape index (κ2) is 4.48. The van der Waals surface area contributed by atoms with Crippen molar-refractivity contribution >= 4 is 36.2 Å². The van der Waals surface area contributed by atoms with E-state index >= 15 is 0 Å². The summed E-state index contributed by atoms with van der Waals surface area (Å²) in [4.78, 5) is 14.7. The van der Waals surface area contributed by atoms with Crippen molar-refractivity contribution in [2.45, 2.75) is 5.75 Å². The Kier molecular flexibility index (Phi) is 3.55. The number of hydrogen-bond donors (Lipinski definition) is 1. The predicted octanol–water partition coefficient (Wildman–Crippen LogP) is 2.42. The van der Waals surface area contributed by atoms with Gasteiger partial charge in [-0.2, -0.15) is 0 Å². The molecule has 1 aliphatic rings. The summed E-state index contributed by atoms with van der Waals surface area (Å²) in [7, 11) is 0. The smallest absolute Gasteiger partial charge is 0.337 e. The lowest BCUT2D eigenvalue weighted by Gasteiger charge is -2.08. The number of aromatic nitrogens is 1. The summed E-state index contributed by atoms with van der Waals surface area (Å²) in [6, 6.07) is 1.68. The Balaban J connectivity index is 0.000000980. The lowest BCUT2D eigenvalue weighted by molar-refractivity contribution is 0.0696. The zero-order valence-electron chi connectivity index (χ0n) is 7.14. The second-order valence-electron chi connectivity index (χ2n) is 2.69. The molecular weight excluding hydrogens is 222 g/mol. The molecule has 14 heavy (non-hydrogen) atoms. The third kappa shape index (κ3) is 2.08. The summed E-state index contributed by atoms with van der Waals surface area (Å²) in [5.74, 6) is -0.116. The van der Waals surface area contributed by atoms with Crippen molar-refractivity contribution < 1.29 is 9.90 Å². The average molecular weight is 230 g/mol. The van der Waals surface area contributed by atoms with Gasteiger partial charge in [-0.05, 0) is 23.1 Å². The van der Waals surface area contributed by atoms with Gasteiger partial charge in [0.25, 0.3) is 0 Å². The highest BCUT2D eigenvalue weighted by Crippen LogP contribution is 2.24. The minimum Gasteiger partial charge on any atom is -0.478 e. The number of carboxylic acids is 1. The standard InChI is InChI=1S/C9H7NO2S.ClH/c11-9(12)6-3-7-5-13-2-1-8(7)10-4-6;/h1-4H,5H2,(H,11,12);1H. The largest absolute Gasteiger partial charge is 0.478 e. The Morgan fingerprint density at radius 1 is 1.57 bits per heavy atom. The summed E-state index contributed by atoms with van der Waals surface area (Å²) < 4.78 is 0. The molecule has 0 saturated heterocycles. The van der Waals surface area contributed by atoms with E-state index in [2.05, 4.69) is 4.98 Å². The van der Waals surface area contributed by atoms with Crippen LogP contribution >= 0.6 is 24.2 Å². The zero-order valence-corrected chi connectivity index (χ0v) is 8.77. The van der Waals surface area contributed by atoms with E-state index < -0.39 is 5.97 Å². The van der Waals surface area contributed by atoms with Crippen LogP contribution in [0.3, 0.4) is 0 Å². The number of aromatic carboxylic acids is 1. The average Bonchev–Trinajstić information content (AvgIpc) is 2.17. The first kappa shape index (κ1) is 11.1. The molecule has 1 aliphatic heterocycles. The minimum atomic E-state index is -0.921. The molecule has 3 nitrogen and oxygen atoms in total. The van der Waals surface area contributed by atoms with Crippen LogP contribution in [-0.2, 0) is 5.75 Å². The lowest BCUT2D eigenvalue weighted by Crippen LogP contribution is -2.01. The van der Waals surface area contributed by atoms with Crippen molar-refractivity contribution in [1.29, 1.82) is 0 Å². The highest BCUT2D eigenvalue weighted by atomic mass is 35.5. The minimum absolute atomic E-state index is 0. The normalized spacial score (nSPS) is 12.9. The molecule has 1 aromatic rings. The van der Waals surface area contributed by atoms with Gasteiger partial charge in [0.05, 0.1) is 11.3 Å². The van der Waals surface area contributed by atoms with E-state index in [0.717, 1.165) is 17.0 Å². The first-order chi connectivity index (χ1) is 6.27. The van der Waals surface area contributed by atoms with Crippen LogP contribution in [0.2, 0.25) is 0 Å². The zero-order chi connectivity index (χ0) is 9.26. The van der Waals surface area contributed by atoms with Crippen LogP contribution in [0.4, 0.5) is 0 Å². The molecule has 0 unspecified atom stereocenters. The quantitative estimate of drug-likeness (QED) is 0.804. The van der Waals surface area contributed by atoms with Crippen LogP contribution in [0.1, 0.15) is 21.6 Å². The summed E-state index contributed by atoms with van der Waals surface area (Å²) in [5, 5.41) is 10.7. The van der Waals surface area contributed by atoms with Crippen LogP contribution < -0.4 is 0 Å². The molecule has 0 aliphatic carbocycles. The first-order valence-corrected chi connectivity index (χ1v) is 4.82. The molecule has 0 radical (unpaired) electrons. The maximum Gasteiger partial charge on any atom is 0.337 e. The van der Waals surface area contributed by atoms with Crippen LogP contribution in [0.5, 0.6) is 0 Å². The van der Waals surface area contributed by atoms with Crippen molar-refractivity contribution in [3.63, 3.8) is 0 Å². The molecule has 5 heteroatoms. The molecule has 0 saturated carbocycles. The Labute approximate surface area is 91.6 Å². The maximum absolute atomic E-state index is 10.6. The number of thioether (sulfide) groups is 1. The lowest BCUT2D eigenvalue weighted by atomic mass is 10.1. The van der Waals surface area contributed by atoms with Crippen LogP contribution in [0.15, 0.2) is 17.7 Å². The fraction of sp³-hybridized carbons (Fsp3) is 0.111. The van der Waals surface area contributed by atoms with Crippen molar-refractivity contribution in [2.75, 3.05) is 0 Å². The Hall–Kier alpha value is -1.000. The Bertz CT molecular complexity index is 392. The number of carboxylic acid groups (broad SMARTS) is 1. The SMILES string of the molecule is Cl.O=C(O)c1cnc2c(c1)CSC=C2. The predicted molar refractivity (Wildman–Crippen MR) is 58.8 cm³/mol. The molecule has 0 aromatic carbocycles. The number of pyridine rings is 1. The van der Waals surface area contributed by atoms with Gasteiger partial charge in [0.15, 0.2) is 0 Å². The molecule has 2 heterocycles. The molecule has 0 amide bonds. The molecular formula is C9H8ClNO2S. The fourth-order valence-electron chi connectivity index (χ4n) is 1.15. The first-order valence-electron chi connectivity index (χ1n) is 3.78. The van der Waals surface area contributed by atoms with E-state index in [1.807, 2.05) is 11.5 Å². The van der Waals surface area contributed by atoms with Gasteiger partial charge < -0.3 is 5.11 Å². The number of halogens is 1. The van der Waals surface area contributed by atoms with Crippen LogP contribution in [0.25, 0.3) is 6.08 Å². The van der Waals surface area contributed by atoms with Gasteiger partial charge in [0, 0.05) is 11.9 Å². The molecule has 74 valence electrons. The van der Waals surface area contributed by atoms with E-state index in [-0.39, 0.29) is 18.0 Å². The van der Waals surface area contributed by atoms with Gasteiger partial charge in [-0.3, -0.25) is 4.98 Å². The van der Waals surface area contributed by atoms with Crippen molar-refractivity contribution in [1.82, 2.24) is 4.98 Å². The van der Waals surface area contributed by atoms with Gasteiger partial charge in [-0.25, -0.2) is 4.79 Å². The number of carbonyl (C=O) groups is 1. The fourth-order valence-corrected chi connectivity index (χ4v) is 1.89. The van der Waals surface area contributed by atoms with Crippen molar-refractivity contribution in [3.8, 4) is 0 Å². The Morgan fingerprint density at radius 3 is 3.07 bits per heavy atom. The third-order valence-electron chi connectivity index (χ3n) is 1.81. The second-order valence-corrected chi connectivity index (χ2v) is 3.58. The molecule has 1 aromatic heterocycles. The van der Waals surface area contributed by atoms with E-state index in [0.29, 0.717) is 0 Å². The molecule has 0 bridgehead atoms. The topological polar surface area (TPSA) is 50.2 Å². The van der Waals surface area contributed by atoms with Gasteiger partial charge in [-0.1, -0.05) is 0 Å². The summed E-state index contributed by atoms with van der Waals surface area (Å²) in [6.07, 6.45) is 3.29. The summed E-state index contributed by atoms with van der Waals surface area (Å²) in [5.41, 5.74) is 2.13. The van der Waals surface area contributed by atoms with E-state index in [1.165, 1.54) is 6.20 Å². The molecule has 2 rings (SSSR count). The van der Waals surface area contributed by atoms with Gasteiger partial charge in [0.1, 0.15) is 0 Å². The highest BCUT2D eigenvalue weighted by molar-refractivity contribution is 8.01. The highest BCUT2D eigenvalue weighted by Gasteiger charge is 2.10. The molecule has 1 N–H and O–H groups in total. The van der Waals surface area contributed by atoms with E-state index in [1.54, 1.807) is 17.8 Å². The number of hydrogen-bond acceptors (Lipinski definition) is 3. The Morgan fingerprint density at radius 2 is 2.36 bits per heavy atom. The molecule has 0 fully saturated rings. The summed E-state index contributed by atoms with van der Waals surface area (Å²) >= 11 is 1.64. The monoisotopic (exact) mass is 229 g/mol. The van der Waals surface area contributed by atoms with Crippen molar-refractivity contribution in [3.05, 3.63) is 34.5 Å². The molecule has 0 spiro atoms. The summed E-state index contributed by atoms with van der Waals surface area (Å²) in [6.45, 7) is 0. The van der Waals surface area contributed by atoms with Crippen LogP contribution in [-0.4, -0.2) is 16.1 Å². The van der Waals surface area contributed by atoms with Crippen molar-refractivity contribution in [2.24, 2.45) is 0 Å². The van der Waals surface area contributed by atoms with Gasteiger partial charge >= 0.3 is 5.97 Å². The van der Waals surface area contributed by atoms with E-state index in [4.69, 9.17) is 5.11 Å². The third-order valence-corrected chi connectivity index (χ3v) is 2.62. The maximum atomic E-state index is 10.6. The number of rotatable bonds is 1. The number of nitrogens with zero attached hydrogens (tertiary/aromatic N) is 1. The van der Waals surface area contributed by atoms with Crippen LogP contribution in [0, 0.1) is 0 Å². The molecule has 0 atom stereocenters. The number of fused-ring (bicyclic) bond motifs is 1. The van der Waals surface area contributed by atoms with Gasteiger partial charge in [0.2, 0.25) is 0 Å². The van der Waals surface area contributed by atoms with Gasteiger partial charge in [-0.15, -0.1) is 24.2 Å². The van der Waals surface area contributed by atoms with E-state index in [9.17, 15) is 4.79 Å².